The van der Waals surface area contributed by atoms with Gasteiger partial charge in [-0.2, -0.15) is 0 Å². The van der Waals surface area contributed by atoms with Gasteiger partial charge >= 0.3 is 0 Å². The van der Waals surface area contributed by atoms with Crippen LogP contribution in [0.3, 0.4) is 0 Å². The van der Waals surface area contributed by atoms with Gasteiger partial charge in [0.2, 0.25) is 5.91 Å². The molecule has 1 aromatic carbocycles. The molecule has 0 aromatic heterocycles. The Labute approximate surface area is 150 Å². The molecule has 0 bridgehead atoms. The first-order valence-electron chi connectivity index (χ1n) is 8.44. The van der Waals surface area contributed by atoms with Crippen LogP contribution in [-0.4, -0.2) is 45.7 Å². The lowest BCUT2D eigenvalue weighted by molar-refractivity contribution is -0.128. The summed E-state index contributed by atoms with van der Waals surface area (Å²) in [5, 5.41) is 9.22. The topological polar surface area (TPSA) is 84.0 Å². The van der Waals surface area contributed by atoms with Crippen LogP contribution >= 0.6 is 0 Å². The van der Waals surface area contributed by atoms with Gasteiger partial charge in [0, 0.05) is 31.9 Å². The molecule has 1 aromatic rings. The van der Waals surface area contributed by atoms with Gasteiger partial charge in [0.25, 0.3) is 0 Å². The minimum atomic E-state index is -0.552. The third-order valence-corrected chi connectivity index (χ3v) is 3.60. The van der Waals surface area contributed by atoms with E-state index in [9.17, 15) is 4.79 Å². The molecule has 0 aliphatic heterocycles. The fourth-order valence-electron chi connectivity index (χ4n) is 2.12. The SMILES string of the molecule is CCNC(=O)C(C)(C)CNC(=NC)Nc1ccc(OC)c(OCC)c1. The lowest BCUT2D eigenvalue weighted by atomic mass is 9.92. The number of carbonyl (C=O) groups excluding carboxylic acids is 1. The van der Waals surface area contributed by atoms with Crippen molar-refractivity contribution in [3.63, 3.8) is 0 Å². The highest BCUT2D eigenvalue weighted by atomic mass is 16.5. The van der Waals surface area contributed by atoms with Crippen molar-refractivity contribution in [3.05, 3.63) is 18.2 Å². The number of methoxy groups -OCH3 is 1. The summed E-state index contributed by atoms with van der Waals surface area (Å²) in [6.07, 6.45) is 0. The molecule has 3 N–H and O–H groups in total. The summed E-state index contributed by atoms with van der Waals surface area (Å²) in [7, 11) is 3.29. The van der Waals surface area contributed by atoms with Crippen molar-refractivity contribution < 1.29 is 14.3 Å². The number of nitrogens with zero attached hydrogens (tertiary/aromatic N) is 1. The van der Waals surface area contributed by atoms with Gasteiger partial charge < -0.3 is 25.4 Å². The van der Waals surface area contributed by atoms with Gasteiger partial charge in [-0.05, 0) is 39.8 Å². The van der Waals surface area contributed by atoms with E-state index >= 15 is 0 Å². The summed E-state index contributed by atoms with van der Waals surface area (Å²) in [6.45, 7) is 9.21. The number of rotatable bonds is 8. The number of amides is 1. The van der Waals surface area contributed by atoms with Crippen LogP contribution in [0.2, 0.25) is 0 Å². The van der Waals surface area contributed by atoms with Gasteiger partial charge in [-0.25, -0.2) is 0 Å². The zero-order valence-corrected chi connectivity index (χ0v) is 16.0. The van der Waals surface area contributed by atoms with Crippen LogP contribution in [0.1, 0.15) is 27.7 Å². The van der Waals surface area contributed by atoms with Crippen molar-refractivity contribution in [2.24, 2.45) is 10.4 Å². The molecule has 1 rings (SSSR count). The smallest absolute Gasteiger partial charge is 0.227 e. The van der Waals surface area contributed by atoms with E-state index in [1.165, 1.54) is 0 Å². The van der Waals surface area contributed by atoms with Crippen LogP contribution in [-0.2, 0) is 4.79 Å². The fourth-order valence-corrected chi connectivity index (χ4v) is 2.12. The summed E-state index contributed by atoms with van der Waals surface area (Å²) >= 11 is 0. The first-order valence-corrected chi connectivity index (χ1v) is 8.44. The number of anilines is 1. The van der Waals surface area contributed by atoms with Crippen molar-refractivity contribution in [2.45, 2.75) is 27.7 Å². The number of hydrogen-bond acceptors (Lipinski definition) is 4. The molecule has 0 aliphatic carbocycles. The standard InChI is InChI=1S/C18H30N4O3/c1-7-20-16(23)18(3,4)12-21-17(19-5)22-13-9-10-14(24-6)15(11-13)25-8-2/h9-11H,7-8,12H2,1-6H3,(H,20,23)(H2,19,21,22). The lowest BCUT2D eigenvalue weighted by Crippen LogP contribution is -2.46. The van der Waals surface area contributed by atoms with E-state index < -0.39 is 5.41 Å². The molecule has 1 amide bonds. The van der Waals surface area contributed by atoms with Crippen molar-refractivity contribution in [3.8, 4) is 11.5 Å². The number of guanidine groups is 1. The summed E-state index contributed by atoms with van der Waals surface area (Å²) in [6, 6.07) is 5.56. The molecule has 0 heterocycles. The third kappa shape index (κ3) is 6.17. The third-order valence-electron chi connectivity index (χ3n) is 3.60. The Morgan fingerprint density at radius 1 is 1.20 bits per heavy atom. The number of hydrogen-bond donors (Lipinski definition) is 3. The first kappa shape index (κ1) is 20.6. The Kier molecular flexibility index (Phi) is 8.04. The summed E-state index contributed by atoms with van der Waals surface area (Å²) in [5.74, 6) is 1.91. The van der Waals surface area contributed by atoms with E-state index in [-0.39, 0.29) is 5.91 Å². The average molecular weight is 350 g/mol. The Morgan fingerprint density at radius 2 is 1.92 bits per heavy atom. The number of aliphatic imine (C=N–C) groups is 1. The van der Waals surface area contributed by atoms with Gasteiger partial charge in [0.05, 0.1) is 19.1 Å². The van der Waals surface area contributed by atoms with Crippen LogP contribution in [0.25, 0.3) is 0 Å². The van der Waals surface area contributed by atoms with Crippen LogP contribution in [0.5, 0.6) is 11.5 Å². The van der Waals surface area contributed by atoms with Gasteiger partial charge in [0.1, 0.15) is 0 Å². The predicted octanol–water partition coefficient (Wildman–Crippen LogP) is 2.24. The summed E-state index contributed by atoms with van der Waals surface area (Å²) in [5.41, 5.74) is 0.262. The van der Waals surface area contributed by atoms with Crippen LogP contribution in [0, 0.1) is 5.41 Å². The zero-order valence-electron chi connectivity index (χ0n) is 16.0. The molecule has 0 saturated carbocycles. The molecule has 0 saturated heterocycles. The maximum absolute atomic E-state index is 12.1. The van der Waals surface area contributed by atoms with Gasteiger partial charge in [-0.3, -0.25) is 9.79 Å². The molecule has 7 nitrogen and oxygen atoms in total. The van der Waals surface area contributed by atoms with Crippen LogP contribution < -0.4 is 25.4 Å². The second-order valence-corrected chi connectivity index (χ2v) is 6.09. The molecule has 7 heteroatoms. The molecule has 0 unspecified atom stereocenters. The van der Waals surface area contributed by atoms with E-state index in [0.717, 1.165) is 5.69 Å². The Morgan fingerprint density at radius 3 is 2.48 bits per heavy atom. The molecular formula is C18H30N4O3. The highest BCUT2D eigenvalue weighted by Gasteiger charge is 2.27. The van der Waals surface area contributed by atoms with E-state index in [4.69, 9.17) is 9.47 Å². The quantitative estimate of drug-likeness (QED) is 0.495. The number of benzene rings is 1. The second-order valence-electron chi connectivity index (χ2n) is 6.09. The van der Waals surface area contributed by atoms with E-state index in [1.807, 2.05) is 45.9 Å². The Hall–Kier alpha value is -2.44. The Balaban J connectivity index is 2.76. The monoisotopic (exact) mass is 350 g/mol. The van der Waals surface area contributed by atoms with Gasteiger partial charge in [0.15, 0.2) is 17.5 Å². The van der Waals surface area contributed by atoms with Crippen molar-refractivity contribution >= 4 is 17.6 Å². The van der Waals surface area contributed by atoms with Crippen molar-refractivity contribution in [2.75, 3.05) is 39.2 Å². The van der Waals surface area contributed by atoms with E-state index in [2.05, 4.69) is 20.9 Å². The van der Waals surface area contributed by atoms with E-state index in [0.29, 0.717) is 37.2 Å². The van der Waals surface area contributed by atoms with Crippen LogP contribution in [0.4, 0.5) is 5.69 Å². The highest BCUT2D eigenvalue weighted by Crippen LogP contribution is 2.30. The molecule has 25 heavy (non-hydrogen) atoms. The van der Waals surface area contributed by atoms with Crippen LogP contribution in [0.15, 0.2) is 23.2 Å². The number of ether oxygens (including phenoxy) is 2. The first-order chi connectivity index (χ1) is 11.9. The normalized spacial score (nSPS) is 11.7. The van der Waals surface area contributed by atoms with E-state index in [1.54, 1.807) is 14.2 Å². The minimum Gasteiger partial charge on any atom is -0.493 e. The number of nitrogens with one attached hydrogen (secondary N) is 3. The molecule has 0 spiro atoms. The molecule has 0 atom stereocenters. The molecule has 0 aliphatic rings. The molecular weight excluding hydrogens is 320 g/mol. The summed E-state index contributed by atoms with van der Waals surface area (Å²) < 4.78 is 10.9. The Bertz CT molecular complexity index is 600. The highest BCUT2D eigenvalue weighted by molar-refractivity contribution is 5.94. The molecule has 140 valence electrons. The maximum atomic E-state index is 12.1. The number of carbonyl (C=O) groups is 1. The lowest BCUT2D eigenvalue weighted by Gasteiger charge is -2.25. The zero-order chi connectivity index (χ0) is 18.9. The van der Waals surface area contributed by atoms with Crippen molar-refractivity contribution in [1.29, 1.82) is 0 Å². The maximum Gasteiger partial charge on any atom is 0.227 e. The minimum absolute atomic E-state index is 0.000956. The van der Waals surface area contributed by atoms with Crippen molar-refractivity contribution in [1.82, 2.24) is 10.6 Å². The van der Waals surface area contributed by atoms with Gasteiger partial charge in [-0.1, -0.05) is 0 Å². The second kappa shape index (κ2) is 9.76. The molecule has 0 radical (unpaired) electrons. The largest absolute Gasteiger partial charge is 0.493 e. The van der Waals surface area contributed by atoms with Gasteiger partial charge in [-0.15, -0.1) is 0 Å². The molecule has 0 fully saturated rings. The fraction of sp³-hybridized carbons (Fsp3) is 0.556. The average Bonchev–Trinajstić information content (AvgIpc) is 2.59. The predicted molar refractivity (Wildman–Crippen MR) is 102 cm³/mol. The summed E-state index contributed by atoms with van der Waals surface area (Å²) in [4.78, 5) is 16.3.